The Hall–Kier alpha value is -1.36. The second-order valence-electron chi connectivity index (χ2n) is 4.33. The van der Waals surface area contributed by atoms with Crippen molar-refractivity contribution in [3.8, 4) is 0 Å². The summed E-state index contributed by atoms with van der Waals surface area (Å²) in [6, 6.07) is 0. The van der Waals surface area contributed by atoms with Gasteiger partial charge in [0.2, 0.25) is 0 Å². The van der Waals surface area contributed by atoms with Crippen LogP contribution in [0.3, 0.4) is 0 Å². The molecule has 1 aromatic rings. The number of nitrogens with zero attached hydrogens (tertiary/aromatic N) is 3. The lowest BCUT2D eigenvalue weighted by atomic mass is 9.99. The van der Waals surface area contributed by atoms with Gasteiger partial charge in [0.25, 0.3) is 5.91 Å². The minimum Gasteiger partial charge on any atom is -0.338 e. The highest BCUT2D eigenvalue weighted by Crippen LogP contribution is 2.19. The molecule has 1 saturated heterocycles. The Labute approximate surface area is 95.2 Å². The van der Waals surface area contributed by atoms with Crippen LogP contribution in [0, 0.1) is 5.92 Å². The predicted octanol–water partition coefficient (Wildman–Crippen LogP) is 0.0132. The van der Waals surface area contributed by atoms with E-state index in [2.05, 4.69) is 5.10 Å². The number of aromatic nitrogens is 2. The Morgan fingerprint density at radius 2 is 2.31 bits per heavy atom. The smallest absolute Gasteiger partial charge is 0.257 e. The first-order chi connectivity index (χ1) is 7.65. The summed E-state index contributed by atoms with van der Waals surface area (Å²) >= 11 is 0. The average Bonchev–Trinajstić information content (AvgIpc) is 2.57. The van der Waals surface area contributed by atoms with Crippen LogP contribution in [0.4, 0.5) is 0 Å². The molecule has 1 aromatic heterocycles. The lowest BCUT2D eigenvalue weighted by molar-refractivity contribution is 0.0514. The van der Waals surface area contributed by atoms with Crippen LogP contribution in [0.25, 0.3) is 0 Å². The topological polar surface area (TPSA) is 64.2 Å². The summed E-state index contributed by atoms with van der Waals surface area (Å²) in [6.45, 7) is 4.25. The van der Waals surface area contributed by atoms with E-state index in [0.717, 1.165) is 30.8 Å². The van der Waals surface area contributed by atoms with Crippen molar-refractivity contribution in [3.63, 3.8) is 0 Å². The summed E-state index contributed by atoms with van der Waals surface area (Å²) in [5.74, 6) is 0.570. The highest BCUT2D eigenvalue weighted by molar-refractivity contribution is 5.95. The lowest BCUT2D eigenvalue weighted by Gasteiger charge is -2.38. The molecule has 1 aliphatic rings. The first-order valence-corrected chi connectivity index (χ1v) is 5.67. The van der Waals surface area contributed by atoms with E-state index in [1.807, 2.05) is 18.9 Å². The monoisotopic (exact) mass is 222 g/mol. The van der Waals surface area contributed by atoms with E-state index in [9.17, 15) is 4.79 Å². The molecule has 88 valence electrons. The Bertz CT molecular complexity index is 393. The quantitative estimate of drug-likeness (QED) is 0.783. The average molecular weight is 222 g/mol. The molecule has 0 atom stereocenters. The van der Waals surface area contributed by atoms with E-state index in [0.29, 0.717) is 12.5 Å². The largest absolute Gasteiger partial charge is 0.338 e. The van der Waals surface area contributed by atoms with Crippen LogP contribution >= 0.6 is 0 Å². The molecule has 0 aliphatic carbocycles. The fraction of sp³-hybridized carbons (Fsp3) is 0.636. The minimum atomic E-state index is 0.0923. The van der Waals surface area contributed by atoms with Crippen LogP contribution in [0.2, 0.25) is 0 Å². The fourth-order valence-corrected chi connectivity index (χ4v) is 2.03. The predicted molar refractivity (Wildman–Crippen MR) is 61.0 cm³/mol. The maximum Gasteiger partial charge on any atom is 0.257 e. The summed E-state index contributed by atoms with van der Waals surface area (Å²) in [6.07, 6.45) is 2.59. The molecule has 0 radical (unpaired) electrons. The van der Waals surface area contributed by atoms with Gasteiger partial charge in [-0.25, -0.2) is 0 Å². The van der Waals surface area contributed by atoms with Gasteiger partial charge in [-0.1, -0.05) is 6.92 Å². The number of carbonyl (C=O) groups excluding carboxylic acids is 1. The maximum absolute atomic E-state index is 12.1. The molecule has 2 heterocycles. The number of rotatable bonds is 3. The molecular formula is C11H18N4O. The van der Waals surface area contributed by atoms with Crippen LogP contribution < -0.4 is 5.73 Å². The van der Waals surface area contributed by atoms with Gasteiger partial charge in [-0.2, -0.15) is 5.10 Å². The Morgan fingerprint density at radius 1 is 1.62 bits per heavy atom. The zero-order valence-corrected chi connectivity index (χ0v) is 9.81. The standard InChI is InChI=1S/C11H18N4O/c1-3-10-9(7-14(2)13-10)11(16)15-5-8(4-12)6-15/h7-8H,3-6,12H2,1-2H3. The van der Waals surface area contributed by atoms with Crippen molar-refractivity contribution in [2.45, 2.75) is 13.3 Å². The van der Waals surface area contributed by atoms with Crippen LogP contribution in [0.1, 0.15) is 23.0 Å². The van der Waals surface area contributed by atoms with Gasteiger partial charge in [0.15, 0.2) is 0 Å². The van der Waals surface area contributed by atoms with Gasteiger partial charge in [0, 0.05) is 32.3 Å². The summed E-state index contributed by atoms with van der Waals surface area (Å²) in [7, 11) is 1.84. The highest BCUT2D eigenvalue weighted by Gasteiger charge is 2.31. The Kier molecular flexibility index (Phi) is 2.96. The molecular weight excluding hydrogens is 204 g/mol. The molecule has 5 heteroatoms. The molecule has 2 rings (SSSR count). The van der Waals surface area contributed by atoms with Gasteiger partial charge < -0.3 is 10.6 Å². The molecule has 0 bridgehead atoms. The number of carbonyl (C=O) groups is 1. The van der Waals surface area contributed by atoms with Crippen LogP contribution in [0.15, 0.2) is 6.20 Å². The Balaban J connectivity index is 2.09. The summed E-state index contributed by atoms with van der Waals surface area (Å²) in [5, 5.41) is 4.27. The van der Waals surface area contributed by atoms with Gasteiger partial charge in [-0.3, -0.25) is 9.48 Å². The van der Waals surface area contributed by atoms with Crippen molar-refractivity contribution in [1.82, 2.24) is 14.7 Å². The number of hydrogen-bond donors (Lipinski definition) is 1. The van der Waals surface area contributed by atoms with Crippen molar-refractivity contribution < 1.29 is 4.79 Å². The third kappa shape index (κ3) is 1.82. The maximum atomic E-state index is 12.1. The molecule has 1 aliphatic heterocycles. The first kappa shape index (κ1) is 11.1. The summed E-state index contributed by atoms with van der Waals surface area (Å²) in [5.41, 5.74) is 7.16. The number of amides is 1. The molecule has 5 nitrogen and oxygen atoms in total. The number of likely N-dealkylation sites (tertiary alicyclic amines) is 1. The molecule has 1 fully saturated rings. The van der Waals surface area contributed by atoms with Crippen molar-refractivity contribution in [2.75, 3.05) is 19.6 Å². The van der Waals surface area contributed by atoms with Gasteiger partial charge in [0.05, 0.1) is 11.3 Å². The van der Waals surface area contributed by atoms with Crippen molar-refractivity contribution in [3.05, 3.63) is 17.5 Å². The van der Waals surface area contributed by atoms with Crippen molar-refractivity contribution in [2.24, 2.45) is 18.7 Å². The number of hydrogen-bond acceptors (Lipinski definition) is 3. The van der Waals surface area contributed by atoms with E-state index < -0.39 is 0 Å². The van der Waals surface area contributed by atoms with Gasteiger partial charge in [-0.05, 0) is 13.0 Å². The lowest BCUT2D eigenvalue weighted by Crippen LogP contribution is -2.52. The molecule has 1 amide bonds. The normalized spacial score (nSPS) is 16.3. The van der Waals surface area contributed by atoms with Gasteiger partial charge >= 0.3 is 0 Å². The van der Waals surface area contributed by atoms with E-state index in [1.54, 1.807) is 10.9 Å². The Morgan fingerprint density at radius 3 is 2.88 bits per heavy atom. The van der Waals surface area contributed by atoms with E-state index in [1.165, 1.54) is 0 Å². The summed E-state index contributed by atoms with van der Waals surface area (Å²) in [4.78, 5) is 14.0. The zero-order chi connectivity index (χ0) is 11.7. The molecule has 0 unspecified atom stereocenters. The third-order valence-corrected chi connectivity index (χ3v) is 3.05. The molecule has 0 spiro atoms. The first-order valence-electron chi connectivity index (χ1n) is 5.67. The SMILES string of the molecule is CCc1nn(C)cc1C(=O)N1CC(CN)C1. The van der Waals surface area contributed by atoms with Gasteiger partial charge in [0.1, 0.15) is 0 Å². The number of aryl methyl sites for hydroxylation is 2. The van der Waals surface area contributed by atoms with Crippen molar-refractivity contribution in [1.29, 1.82) is 0 Å². The summed E-state index contributed by atoms with van der Waals surface area (Å²) < 4.78 is 1.70. The van der Waals surface area contributed by atoms with E-state index in [-0.39, 0.29) is 5.91 Å². The minimum absolute atomic E-state index is 0.0923. The molecule has 16 heavy (non-hydrogen) atoms. The molecule has 0 saturated carbocycles. The van der Waals surface area contributed by atoms with Crippen LogP contribution in [0.5, 0.6) is 0 Å². The second kappa shape index (κ2) is 4.25. The fourth-order valence-electron chi connectivity index (χ4n) is 2.03. The highest BCUT2D eigenvalue weighted by atomic mass is 16.2. The number of nitrogens with two attached hydrogens (primary N) is 1. The third-order valence-electron chi connectivity index (χ3n) is 3.05. The molecule has 2 N–H and O–H groups in total. The van der Waals surface area contributed by atoms with E-state index >= 15 is 0 Å². The van der Waals surface area contributed by atoms with Crippen LogP contribution in [-0.4, -0.2) is 40.2 Å². The van der Waals surface area contributed by atoms with Crippen LogP contribution in [-0.2, 0) is 13.5 Å². The van der Waals surface area contributed by atoms with E-state index in [4.69, 9.17) is 5.73 Å². The molecule has 0 aromatic carbocycles. The van der Waals surface area contributed by atoms with Gasteiger partial charge in [-0.15, -0.1) is 0 Å². The second-order valence-corrected chi connectivity index (χ2v) is 4.33. The van der Waals surface area contributed by atoms with Crippen molar-refractivity contribution >= 4 is 5.91 Å². The zero-order valence-electron chi connectivity index (χ0n) is 9.81.